The largest absolute Gasteiger partial charge is 0.347 e. The Bertz CT molecular complexity index is 299. The number of hydrogen-bond donors (Lipinski definition) is 2. The summed E-state index contributed by atoms with van der Waals surface area (Å²) in [6.45, 7) is 2.70. The summed E-state index contributed by atoms with van der Waals surface area (Å²) in [5, 5.41) is 2.37. The van der Waals surface area contributed by atoms with Gasteiger partial charge in [-0.3, -0.25) is 4.79 Å². The van der Waals surface area contributed by atoms with Crippen molar-refractivity contribution in [1.82, 2.24) is 5.32 Å². The van der Waals surface area contributed by atoms with Gasteiger partial charge in [0.15, 0.2) is 0 Å². The summed E-state index contributed by atoms with van der Waals surface area (Å²) in [5.74, 6) is 0. The van der Waals surface area contributed by atoms with E-state index in [0.717, 1.165) is 6.42 Å². The number of rotatable bonds is 3. The topological polar surface area (TPSA) is 29.1 Å². The van der Waals surface area contributed by atoms with E-state index in [-0.39, 0.29) is 5.24 Å². The molecule has 0 saturated heterocycles. The highest BCUT2D eigenvalue weighted by Crippen LogP contribution is 2.03. The number of hydrogen-bond acceptors (Lipinski definition) is 1. The third kappa shape index (κ3) is 3.99. The first-order chi connectivity index (χ1) is 6.18. The Balaban J connectivity index is 2.41. The highest BCUT2D eigenvalue weighted by Gasteiger charge is 1.94. The minimum atomic E-state index is -0.271. The summed E-state index contributed by atoms with van der Waals surface area (Å²) < 4.78 is 0. The molecule has 70 valence electrons. The molecule has 0 spiro atoms. The van der Waals surface area contributed by atoms with Gasteiger partial charge in [0, 0.05) is 6.54 Å². The molecule has 2 nitrogen and oxygen atoms in total. The molecule has 0 aromatic heterocycles. The van der Waals surface area contributed by atoms with Crippen LogP contribution in [0.25, 0.3) is 0 Å². The monoisotopic (exact) mass is 195 g/mol. The minimum Gasteiger partial charge on any atom is -0.347 e. The van der Waals surface area contributed by atoms with Gasteiger partial charge >= 0.3 is 0 Å². The zero-order valence-corrected chi connectivity index (χ0v) is 8.47. The van der Waals surface area contributed by atoms with E-state index < -0.39 is 0 Å². The molecule has 0 saturated carbocycles. The summed E-state index contributed by atoms with van der Waals surface area (Å²) >= 11 is 3.61. The van der Waals surface area contributed by atoms with Crippen molar-refractivity contribution in [3.8, 4) is 0 Å². The Kier molecular flexibility index (Phi) is 3.83. The maximum absolute atomic E-state index is 10.5. The molecule has 0 unspecified atom stereocenters. The third-order valence-electron chi connectivity index (χ3n) is 1.77. The number of carbonyl (C=O) groups excluding carboxylic acids is 1. The first-order valence-electron chi connectivity index (χ1n) is 4.21. The van der Waals surface area contributed by atoms with Crippen molar-refractivity contribution >= 4 is 17.9 Å². The SMILES string of the molecule is Cc1cccc(CCNC(=O)S)c1. The van der Waals surface area contributed by atoms with Crippen molar-refractivity contribution in [2.45, 2.75) is 13.3 Å². The average molecular weight is 195 g/mol. The fourth-order valence-corrected chi connectivity index (χ4v) is 1.29. The lowest BCUT2D eigenvalue weighted by atomic mass is 10.1. The van der Waals surface area contributed by atoms with E-state index in [1.54, 1.807) is 0 Å². The van der Waals surface area contributed by atoms with Gasteiger partial charge < -0.3 is 5.32 Å². The molecule has 1 aromatic carbocycles. The normalized spacial score (nSPS) is 9.69. The van der Waals surface area contributed by atoms with Gasteiger partial charge in [0.05, 0.1) is 0 Å². The van der Waals surface area contributed by atoms with Crippen LogP contribution in [0.4, 0.5) is 4.79 Å². The van der Waals surface area contributed by atoms with Crippen molar-refractivity contribution in [1.29, 1.82) is 0 Å². The van der Waals surface area contributed by atoms with Gasteiger partial charge in [0.25, 0.3) is 5.24 Å². The molecule has 0 heterocycles. The van der Waals surface area contributed by atoms with Crippen LogP contribution in [0.2, 0.25) is 0 Å². The third-order valence-corrected chi connectivity index (χ3v) is 1.93. The van der Waals surface area contributed by atoms with Crippen LogP contribution in [0.1, 0.15) is 11.1 Å². The standard InChI is InChI=1S/C10H13NOS/c1-8-3-2-4-9(7-8)5-6-11-10(12)13/h2-4,7H,5-6H2,1H3,(H2,11,12,13). The van der Waals surface area contributed by atoms with Gasteiger partial charge in [-0.05, 0) is 18.9 Å². The lowest BCUT2D eigenvalue weighted by Crippen LogP contribution is -2.19. The van der Waals surface area contributed by atoms with Crippen molar-refractivity contribution < 1.29 is 4.79 Å². The van der Waals surface area contributed by atoms with Gasteiger partial charge in [-0.25, -0.2) is 0 Å². The zero-order chi connectivity index (χ0) is 9.68. The molecule has 1 rings (SSSR count). The molecule has 0 aliphatic heterocycles. The second-order valence-corrected chi connectivity index (χ2v) is 3.38. The highest BCUT2D eigenvalue weighted by atomic mass is 32.1. The van der Waals surface area contributed by atoms with Crippen LogP contribution >= 0.6 is 12.6 Å². The van der Waals surface area contributed by atoms with Crippen LogP contribution in [-0.4, -0.2) is 11.8 Å². The molecular formula is C10H13NOS. The second-order valence-electron chi connectivity index (χ2n) is 2.97. The van der Waals surface area contributed by atoms with Gasteiger partial charge in [0.2, 0.25) is 0 Å². The molecule has 0 aliphatic carbocycles. The number of carbonyl (C=O) groups is 1. The molecule has 0 fully saturated rings. The number of nitrogens with one attached hydrogen (secondary N) is 1. The fourth-order valence-electron chi connectivity index (χ4n) is 1.18. The summed E-state index contributed by atoms with van der Waals surface area (Å²) in [6.07, 6.45) is 0.855. The summed E-state index contributed by atoms with van der Waals surface area (Å²) in [4.78, 5) is 10.5. The van der Waals surface area contributed by atoms with Crippen LogP contribution in [-0.2, 0) is 6.42 Å². The molecule has 0 atom stereocenters. The summed E-state index contributed by atoms with van der Waals surface area (Å²) in [6, 6.07) is 8.25. The summed E-state index contributed by atoms with van der Waals surface area (Å²) in [5.41, 5.74) is 2.48. The number of aryl methyl sites for hydroxylation is 1. The van der Waals surface area contributed by atoms with E-state index in [2.05, 4.69) is 43.1 Å². The van der Waals surface area contributed by atoms with E-state index in [9.17, 15) is 4.79 Å². The van der Waals surface area contributed by atoms with Gasteiger partial charge in [-0.1, -0.05) is 42.5 Å². The Morgan fingerprint density at radius 2 is 2.31 bits per heavy atom. The van der Waals surface area contributed by atoms with E-state index in [1.807, 2.05) is 6.07 Å². The van der Waals surface area contributed by atoms with Crippen LogP contribution in [0.3, 0.4) is 0 Å². The molecule has 1 aromatic rings. The molecule has 1 amide bonds. The summed E-state index contributed by atoms with van der Waals surface area (Å²) in [7, 11) is 0. The number of thiol groups is 1. The van der Waals surface area contributed by atoms with Crippen LogP contribution in [0.15, 0.2) is 24.3 Å². The van der Waals surface area contributed by atoms with E-state index in [4.69, 9.17) is 0 Å². The Morgan fingerprint density at radius 3 is 2.92 bits per heavy atom. The maximum atomic E-state index is 10.5. The predicted molar refractivity (Wildman–Crippen MR) is 57.3 cm³/mol. The van der Waals surface area contributed by atoms with Crippen molar-refractivity contribution in [2.24, 2.45) is 0 Å². The van der Waals surface area contributed by atoms with E-state index in [0.29, 0.717) is 6.54 Å². The van der Waals surface area contributed by atoms with Crippen molar-refractivity contribution in [2.75, 3.05) is 6.54 Å². The highest BCUT2D eigenvalue weighted by molar-refractivity contribution is 7.96. The molecule has 0 radical (unpaired) electrons. The Hall–Kier alpha value is -0.960. The molecule has 13 heavy (non-hydrogen) atoms. The molecule has 3 heteroatoms. The lowest BCUT2D eigenvalue weighted by Gasteiger charge is -2.02. The molecule has 0 aliphatic rings. The van der Waals surface area contributed by atoms with Crippen LogP contribution < -0.4 is 5.32 Å². The Labute approximate surface area is 83.8 Å². The molecule has 1 N–H and O–H groups in total. The molecular weight excluding hydrogens is 182 g/mol. The smallest absolute Gasteiger partial charge is 0.275 e. The van der Waals surface area contributed by atoms with Crippen molar-refractivity contribution in [3.05, 3.63) is 35.4 Å². The van der Waals surface area contributed by atoms with E-state index in [1.165, 1.54) is 11.1 Å². The fraction of sp³-hybridized carbons (Fsp3) is 0.300. The minimum absolute atomic E-state index is 0.271. The van der Waals surface area contributed by atoms with Crippen LogP contribution in [0, 0.1) is 6.92 Å². The predicted octanol–water partition coefficient (Wildman–Crippen LogP) is 2.18. The van der Waals surface area contributed by atoms with Crippen LogP contribution in [0.5, 0.6) is 0 Å². The Morgan fingerprint density at radius 1 is 1.54 bits per heavy atom. The van der Waals surface area contributed by atoms with Gasteiger partial charge in [-0.2, -0.15) is 0 Å². The zero-order valence-electron chi connectivity index (χ0n) is 7.58. The number of benzene rings is 1. The first kappa shape index (κ1) is 10.1. The second kappa shape index (κ2) is 4.92. The molecule has 0 bridgehead atoms. The average Bonchev–Trinajstić information content (AvgIpc) is 2.03. The lowest BCUT2D eigenvalue weighted by molar-refractivity contribution is 0.261. The van der Waals surface area contributed by atoms with Gasteiger partial charge in [0.1, 0.15) is 0 Å². The number of amides is 1. The van der Waals surface area contributed by atoms with Gasteiger partial charge in [-0.15, -0.1) is 0 Å². The van der Waals surface area contributed by atoms with E-state index >= 15 is 0 Å². The first-order valence-corrected chi connectivity index (χ1v) is 4.65. The van der Waals surface area contributed by atoms with Crippen molar-refractivity contribution in [3.63, 3.8) is 0 Å². The maximum Gasteiger partial charge on any atom is 0.275 e. The quantitative estimate of drug-likeness (QED) is 0.711.